The maximum atomic E-state index is 13.4. The van der Waals surface area contributed by atoms with Gasteiger partial charge in [-0.2, -0.15) is 0 Å². The number of hydrogen-bond acceptors (Lipinski definition) is 5. The van der Waals surface area contributed by atoms with Crippen molar-refractivity contribution in [1.82, 2.24) is 15.5 Å². The molecule has 0 heterocycles. The highest BCUT2D eigenvalue weighted by Gasteiger charge is 2.36. The van der Waals surface area contributed by atoms with E-state index in [0.717, 1.165) is 29.7 Å². The molecule has 9 heteroatoms. The number of ether oxygens (including phenoxy) is 1. The first-order valence-corrected chi connectivity index (χ1v) is 11.4. The average Bonchev–Trinajstić information content (AvgIpc) is 2.75. The van der Waals surface area contributed by atoms with Crippen LogP contribution in [0, 0.1) is 12.5 Å². The number of carbonyl (C=O) groups excluding carboxylic acids is 4. The van der Waals surface area contributed by atoms with Gasteiger partial charge < -0.3 is 21.1 Å². The quantitative estimate of drug-likeness (QED) is 0.259. The molecule has 0 bridgehead atoms. The summed E-state index contributed by atoms with van der Waals surface area (Å²) in [7, 11) is 0. The first-order chi connectivity index (χ1) is 15.9. The molecule has 0 saturated heterocycles. The van der Waals surface area contributed by atoms with E-state index in [1.807, 2.05) is 26.0 Å². The summed E-state index contributed by atoms with van der Waals surface area (Å²) >= 11 is 0. The summed E-state index contributed by atoms with van der Waals surface area (Å²) < 4.78 is 5.19. The fourth-order valence-electron chi connectivity index (χ4n) is 3.12. The normalized spacial score (nSPS) is 12.6. The fourth-order valence-corrected chi connectivity index (χ4v) is 3.12. The molecule has 4 amide bonds. The summed E-state index contributed by atoms with van der Waals surface area (Å²) in [6.45, 7) is 9.36. The second kappa shape index (κ2) is 13.2. The van der Waals surface area contributed by atoms with Gasteiger partial charge in [-0.25, -0.2) is 4.79 Å². The molecule has 0 saturated carbocycles. The van der Waals surface area contributed by atoms with Crippen molar-refractivity contribution >= 4 is 23.8 Å². The number of terminal acetylenes is 1. The molecule has 4 N–H and O–H groups in total. The van der Waals surface area contributed by atoms with Crippen LogP contribution in [0.3, 0.4) is 0 Å². The van der Waals surface area contributed by atoms with Crippen LogP contribution in [0.15, 0.2) is 24.3 Å². The Kier molecular flexibility index (Phi) is 11.1. The predicted molar refractivity (Wildman–Crippen MR) is 129 cm³/mol. The summed E-state index contributed by atoms with van der Waals surface area (Å²) in [4.78, 5) is 51.4. The van der Waals surface area contributed by atoms with E-state index in [0.29, 0.717) is 12.1 Å². The van der Waals surface area contributed by atoms with E-state index in [4.69, 9.17) is 16.9 Å². The molecule has 0 aliphatic carbocycles. The fraction of sp³-hybridized carbons (Fsp3) is 0.520. The van der Waals surface area contributed by atoms with Crippen LogP contribution in [-0.2, 0) is 25.5 Å². The molecule has 0 radical (unpaired) electrons. The van der Waals surface area contributed by atoms with Crippen molar-refractivity contribution in [1.29, 1.82) is 0 Å². The molecule has 0 aliphatic heterocycles. The lowest BCUT2D eigenvalue weighted by atomic mass is 10.0. The van der Waals surface area contributed by atoms with Crippen molar-refractivity contribution < 1.29 is 23.9 Å². The Morgan fingerprint density at radius 1 is 1.15 bits per heavy atom. The van der Waals surface area contributed by atoms with E-state index in [2.05, 4.69) is 16.7 Å². The lowest BCUT2D eigenvalue weighted by Crippen LogP contribution is -2.52. The van der Waals surface area contributed by atoms with E-state index in [1.54, 1.807) is 32.9 Å². The number of nitrogens with zero attached hydrogens (tertiary/aromatic N) is 1. The molecular weight excluding hydrogens is 436 g/mol. The predicted octanol–water partition coefficient (Wildman–Crippen LogP) is 2.39. The highest BCUT2D eigenvalue weighted by molar-refractivity contribution is 5.95. The van der Waals surface area contributed by atoms with Crippen molar-refractivity contribution in [3.8, 4) is 12.5 Å². The zero-order valence-electron chi connectivity index (χ0n) is 20.6. The molecule has 9 nitrogen and oxygen atoms in total. The molecule has 2 unspecified atom stereocenters. The SMILES string of the molecule is C#CN(C(=O)C(CC(N)=O)NC(=O)OC(C)(C)C)C(C(=O)NCCCC)c1ccc(CC)cc1. The number of hydrogen-bond donors (Lipinski definition) is 3. The maximum absolute atomic E-state index is 13.4. The Balaban J connectivity index is 3.33. The minimum Gasteiger partial charge on any atom is -0.444 e. The first kappa shape index (κ1) is 28.5. The van der Waals surface area contributed by atoms with Crippen molar-refractivity contribution in [3.05, 3.63) is 35.4 Å². The molecule has 1 aromatic carbocycles. The number of alkyl carbamates (subject to hydrolysis) is 1. The largest absolute Gasteiger partial charge is 0.444 e. The van der Waals surface area contributed by atoms with Crippen LogP contribution in [-0.4, -0.2) is 46.9 Å². The average molecular weight is 473 g/mol. The van der Waals surface area contributed by atoms with E-state index in [-0.39, 0.29) is 0 Å². The maximum Gasteiger partial charge on any atom is 0.408 e. The molecule has 1 rings (SSSR count). The second-order valence-corrected chi connectivity index (χ2v) is 8.85. The molecule has 34 heavy (non-hydrogen) atoms. The molecular formula is C25H36N4O5. The van der Waals surface area contributed by atoms with Crippen molar-refractivity contribution in [2.24, 2.45) is 5.73 Å². The van der Waals surface area contributed by atoms with Crippen LogP contribution in [0.4, 0.5) is 4.79 Å². The summed E-state index contributed by atoms with van der Waals surface area (Å²) in [6.07, 6.45) is 6.66. The molecule has 186 valence electrons. The van der Waals surface area contributed by atoms with Crippen LogP contribution in [0.5, 0.6) is 0 Å². The summed E-state index contributed by atoms with van der Waals surface area (Å²) in [5, 5.41) is 5.15. The van der Waals surface area contributed by atoms with Gasteiger partial charge in [0, 0.05) is 12.6 Å². The highest BCUT2D eigenvalue weighted by atomic mass is 16.6. The number of nitrogens with two attached hydrogens (primary N) is 1. The van der Waals surface area contributed by atoms with E-state index >= 15 is 0 Å². The smallest absolute Gasteiger partial charge is 0.408 e. The zero-order chi connectivity index (χ0) is 25.9. The Labute approximate surface area is 201 Å². The second-order valence-electron chi connectivity index (χ2n) is 8.85. The minimum absolute atomic E-state index is 0.409. The molecule has 0 aromatic heterocycles. The molecule has 2 atom stereocenters. The van der Waals surface area contributed by atoms with Crippen LogP contribution in [0.1, 0.15) is 71.0 Å². The Morgan fingerprint density at radius 2 is 1.76 bits per heavy atom. The van der Waals surface area contributed by atoms with Gasteiger partial charge in [-0.05, 0) is 44.7 Å². The van der Waals surface area contributed by atoms with Crippen LogP contribution in [0.25, 0.3) is 0 Å². The topological polar surface area (TPSA) is 131 Å². The van der Waals surface area contributed by atoms with E-state index in [9.17, 15) is 19.2 Å². The minimum atomic E-state index is -1.41. The number of carbonyl (C=O) groups is 4. The van der Waals surface area contributed by atoms with Gasteiger partial charge in [0.1, 0.15) is 17.7 Å². The number of benzene rings is 1. The van der Waals surface area contributed by atoms with Gasteiger partial charge in [-0.15, -0.1) is 0 Å². The van der Waals surface area contributed by atoms with Gasteiger partial charge in [0.25, 0.3) is 5.91 Å². The number of aryl methyl sites for hydroxylation is 1. The van der Waals surface area contributed by atoms with Crippen molar-refractivity contribution in [3.63, 3.8) is 0 Å². The number of nitrogens with one attached hydrogen (secondary N) is 2. The van der Waals surface area contributed by atoms with E-state index < -0.39 is 47.9 Å². The number of unbranched alkanes of at least 4 members (excludes halogenated alkanes) is 1. The Hall–Kier alpha value is -3.54. The van der Waals surface area contributed by atoms with E-state index in [1.165, 1.54) is 0 Å². The molecule has 0 aliphatic rings. The number of rotatable bonds is 11. The molecule has 0 spiro atoms. The lowest BCUT2D eigenvalue weighted by molar-refractivity contribution is -0.139. The standard InChI is InChI=1S/C25H36N4O5/c1-7-10-15-27-22(31)21(18-13-11-17(8-2)12-14-18)29(9-3)23(32)19(16-20(26)30)28-24(33)34-25(4,5)6/h3,11-14,19,21H,7-8,10,15-16H2,1-2,4-6H3,(H2,26,30)(H,27,31)(H,28,33). The third-order valence-electron chi connectivity index (χ3n) is 4.81. The van der Waals surface area contributed by atoms with Gasteiger partial charge in [0.05, 0.1) is 6.42 Å². The Morgan fingerprint density at radius 3 is 2.24 bits per heavy atom. The van der Waals surface area contributed by atoms with Crippen LogP contribution < -0.4 is 16.4 Å². The number of primary amides is 1. The van der Waals surface area contributed by atoms with Gasteiger partial charge in [0.2, 0.25) is 11.8 Å². The molecule has 0 fully saturated rings. The summed E-state index contributed by atoms with van der Waals surface area (Å²) in [6, 6.07) is 6.82. The number of amides is 4. The van der Waals surface area contributed by atoms with Gasteiger partial charge in [0.15, 0.2) is 0 Å². The zero-order valence-corrected chi connectivity index (χ0v) is 20.6. The van der Waals surface area contributed by atoms with Crippen LogP contribution >= 0.6 is 0 Å². The van der Waals surface area contributed by atoms with Crippen molar-refractivity contribution in [2.45, 2.75) is 78.0 Å². The third kappa shape index (κ3) is 9.14. The summed E-state index contributed by atoms with van der Waals surface area (Å²) in [5.74, 6) is -2.14. The Bertz CT molecular complexity index is 899. The lowest BCUT2D eigenvalue weighted by Gasteiger charge is -2.30. The highest BCUT2D eigenvalue weighted by Crippen LogP contribution is 2.23. The van der Waals surface area contributed by atoms with Crippen LogP contribution in [0.2, 0.25) is 0 Å². The van der Waals surface area contributed by atoms with Gasteiger partial charge >= 0.3 is 6.09 Å². The van der Waals surface area contributed by atoms with Gasteiger partial charge in [-0.1, -0.05) is 51.0 Å². The monoisotopic (exact) mass is 472 g/mol. The van der Waals surface area contributed by atoms with Gasteiger partial charge in [-0.3, -0.25) is 19.3 Å². The summed E-state index contributed by atoms with van der Waals surface area (Å²) in [5.41, 5.74) is 6.01. The third-order valence-corrected chi connectivity index (χ3v) is 4.81. The molecule has 1 aromatic rings. The first-order valence-electron chi connectivity index (χ1n) is 11.4. The van der Waals surface area contributed by atoms with Crippen molar-refractivity contribution in [2.75, 3.05) is 6.54 Å².